The van der Waals surface area contributed by atoms with Crippen molar-refractivity contribution >= 4 is 22.2 Å². The van der Waals surface area contributed by atoms with E-state index >= 15 is 0 Å². The molecule has 20 heavy (non-hydrogen) atoms. The molecule has 2 fully saturated rings. The lowest BCUT2D eigenvalue weighted by molar-refractivity contribution is 0.182. The van der Waals surface area contributed by atoms with Crippen molar-refractivity contribution in [2.45, 2.75) is 44.3 Å². The van der Waals surface area contributed by atoms with Crippen LogP contribution in [0.3, 0.4) is 0 Å². The number of rotatable bonds is 4. The third-order valence-corrected chi connectivity index (χ3v) is 7.80. The quantitative estimate of drug-likeness (QED) is 0.855. The van der Waals surface area contributed by atoms with Gasteiger partial charge >= 0.3 is 0 Å². The third-order valence-electron chi connectivity index (χ3n) is 5.05. The molecule has 120 valence electrons. The lowest BCUT2D eigenvalue weighted by Crippen LogP contribution is -2.57. The Morgan fingerprint density at radius 3 is 2.55 bits per heavy atom. The van der Waals surface area contributed by atoms with Crippen molar-refractivity contribution in [1.29, 1.82) is 0 Å². The van der Waals surface area contributed by atoms with Gasteiger partial charge in [-0.05, 0) is 44.7 Å². The molecule has 1 unspecified atom stereocenters. The molecule has 6 heteroatoms. The highest BCUT2D eigenvalue weighted by atomic mass is 35.5. The summed E-state index contributed by atoms with van der Waals surface area (Å²) in [7, 11) is -2.92. The Hall–Kier alpha value is 0.160. The first kappa shape index (κ1) is 18.2. The van der Waals surface area contributed by atoms with Gasteiger partial charge in [-0.2, -0.15) is 0 Å². The van der Waals surface area contributed by atoms with Gasteiger partial charge in [0.15, 0.2) is 9.84 Å². The van der Waals surface area contributed by atoms with E-state index in [1.54, 1.807) is 0 Å². The molecule has 2 rings (SSSR count). The van der Waals surface area contributed by atoms with Crippen LogP contribution in [0.5, 0.6) is 0 Å². The van der Waals surface area contributed by atoms with Gasteiger partial charge in [0.2, 0.25) is 0 Å². The molecule has 0 spiro atoms. The minimum atomic E-state index is -2.92. The Morgan fingerprint density at radius 2 is 2.00 bits per heavy atom. The summed E-state index contributed by atoms with van der Waals surface area (Å²) in [4.78, 5) is 2.39. The molecule has 0 amide bonds. The molecule has 1 atom stereocenters. The summed E-state index contributed by atoms with van der Waals surface area (Å²) in [5.74, 6) is 1.04. The van der Waals surface area contributed by atoms with E-state index in [9.17, 15) is 8.42 Å². The monoisotopic (exact) mass is 324 g/mol. The zero-order valence-corrected chi connectivity index (χ0v) is 14.4. The fourth-order valence-corrected chi connectivity index (χ4v) is 5.76. The summed E-state index contributed by atoms with van der Waals surface area (Å²) in [5.41, 5.74) is 0. The van der Waals surface area contributed by atoms with E-state index in [1.165, 1.54) is 12.8 Å². The van der Waals surface area contributed by atoms with E-state index < -0.39 is 14.6 Å². The number of nitrogens with zero attached hydrogens (tertiary/aromatic N) is 1. The Morgan fingerprint density at radius 1 is 1.30 bits per heavy atom. The highest BCUT2D eigenvalue weighted by Crippen LogP contribution is 2.32. The molecule has 0 aromatic heterocycles. The van der Waals surface area contributed by atoms with Gasteiger partial charge in [-0.3, -0.25) is 0 Å². The van der Waals surface area contributed by atoms with Crippen molar-refractivity contribution in [3.63, 3.8) is 0 Å². The van der Waals surface area contributed by atoms with E-state index in [2.05, 4.69) is 10.2 Å². The van der Waals surface area contributed by atoms with Crippen molar-refractivity contribution < 1.29 is 8.42 Å². The lowest BCUT2D eigenvalue weighted by atomic mass is 9.96. The summed E-state index contributed by atoms with van der Waals surface area (Å²) < 4.78 is 24.2. The average Bonchev–Trinajstić information content (AvgIpc) is 2.42. The highest BCUT2D eigenvalue weighted by molar-refractivity contribution is 7.92. The van der Waals surface area contributed by atoms with Crippen LogP contribution < -0.4 is 5.32 Å². The van der Waals surface area contributed by atoms with Crippen molar-refractivity contribution in [2.75, 3.05) is 38.5 Å². The Balaban J connectivity index is 0.00000200. The third kappa shape index (κ3) is 3.67. The minimum absolute atomic E-state index is 0. The predicted molar refractivity (Wildman–Crippen MR) is 86.4 cm³/mol. The van der Waals surface area contributed by atoms with Crippen LogP contribution in [0.15, 0.2) is 0 Å². The van der Waals surface area contributed by atoms with Crippen LogP contribution in [-0.2, 0) is 9.84 Å². The Bertz CT molecular complexity index is 390. The number of hydrogen-bond donors (Lipinski definition) is 1. The molecule has 0 radical (unpaired) electrons. The maximum absolute atomic E-state index is 12.4. The first-order chi connectivity index (χ1) is 9.03. The normalized spacial score (nSPS) is 29.6. The van der Waals surface area contributed by atoms with E-state index in [1.807, 2.05) is 13.8 Å². The zero-order chi connectivity index (χ0) is 13.9. The van der Waals surface area contributed by atoms with Crippen molar-refractivity contribution in [1.82, 2.24) is 10.2 Å². The molecule has 4 nitrogen and oxygen atoms in total. The van der Waals surface area contributed by atoms with Gasteiger partial charge in [-0.15, -0.1) is 12.4 Å². The lowest BCUT2D eigenvalue weighted by Gasteiger charge is -2.42. The maximum atomic E-state index is 12.4. The van der Waals surface area contributed by atoms with Gasteiger partial charge in [0, 0.05) is 19.6 Å². The first-order valence-electron chi connectivity index (χ1n) is 7.68. The van der Waals surface area contributed by atoms with E-state index in [0.717, 1.165) is 45.6 Å². The first-order valence-corrected chi connectivity index (χ1v) is 9.33. The second kappa shape index (κ2) is 7.43. The van der Waals surface area contributed by atoms with E-state index in [4.69, 9.17) is 0 Å². The van der Waals surface area contributed by atoms with Crippen molar-refractivity contribution in [2.24, 2.45) is 5.92 Å². The second-order valence-electron chi connectivity index (χ2n) is 6.16. The standard InChI is InChI=1S/C14H28N2O2S.ClH/c1-3-14(4-2)12-16(8-9-19(14,17)18)11-13-6-5-7-15-10-13;/h13,15H,3-12H2,1-2H3;1H. The number of sulfone groups is 1. The van der Waals surface area contributed by atoms with Crippen LogP contribution in [0.25, 0.3) is 0 Å². The van der Waals surface area contributed by atoms with Gasteiger partial charge in [0.1, 0.15) is 0 Å². The van der Waals surface area contributed by atoms with Crippen LogP contribution in [0.2, 0.25) is 0 Å². The SMILES string of the molecule is CCC1(CC)CN(CC2CCCNC2)CCS1(=O)=O.Cl. The number of hydrogen-bond acceptors (Lipinski definition) is 4. The molecule has 2 heterocycles. The number of piperidine rings is 1. The van der Waals surface area contributed by atoms with E-state index in [0.29, 0.717) is 11.7 Å². The van der Waals surface area contributed by atoms with Crippen LogP contribution in [-0.4, -0.2) is 56.5 Å². The molecule has 0 aromatic rings. The molecular weight excluding hydrogens is 296 g/mol. The summed E-state index contributed by atoms with van der Waals surface area (Å²) in [6.45, 7) is 8.79. The smallest absolute Gasteiger partial charge is 0.158 e. The molecule has 0 aromatic carbocycles. The fourth-order valence-electron chi connectivity index (χ4n) is 3.56. The molecular formula is C14H29ClN2O2S. The maximum Gasteiger partial charge on any atom is 0.158 e. The summed E-state index contributed by atoms with van der Waals surface area (Å²) in [6, 6.07) is 0. The molecule has 1 N–H and O–H groups in total. The van der Waals surface area contributed by atoms with E-state index in [-0.39, 0.29) is 12.4 Å². The topological polar surface area (TPSA) is 49.4 Å². The Labute approximate surface area is 130 Å². The van der Waals surface area contributed by atoms with Gasteiger partial charge in [0.05, 0.1) is 10.5 Å². The van der Waals surface area contributed by atoms with Crippen molar-refractivity contribution in [3.8, 4) is 0 Å². The Kier molecular flexibility index (Phi) is 6.77. The summed E-state index contributed by atoms with van der Waals surface area (Å²) in [6.07, 6.45) is 4.02. The fraction of sp³-hybridized carbons (Fsp3) is 1.00. The molecule has 0 aliphatic carbocycles. The van der Waals surface area contributed by atoms with Gasteiger partial charge < -0.3 is 10.2 Å². The summed E-state index contributed by atoms with van der Waals surface area (Å²) >= 11 is 0. The van der Waals surface area contributed by atoms with Gasteiger partial charge in [0.25, 0.3) is 0 Å². The van der Waals surface area contributed by atoms with Crippen LogP contribution >= 0.6 is 12.4 Å². The molecule has 2 saturated heterocycles. The molecule has 0 bridgehead atoms. The average molecular weight is 325 g/mol. The predicted octanol–water partition coefficient (Wildman–Crippen LogP) is 1.70. The number of nitrogens with one attached hydrogen (secondary N) is 1. The van der Waals surface area contributed by atoms with Crippen LogP contribution in [0, 0.1) is 5.92 Å². The largest absolute Gasteiger partial charge is 0.316 e. The summed E-state index contributed by atoms with van der Waals surface area (Å²) in [5, 5.41) is 3.44. The van der Waals surface area contributed by atoms with Gasteiger partial charge in [-0.1, -0.05) is 13.8 Å². The minimum Gasteiger partial charge on any atom is -0.316 e. The molecule has 0 saturated carbocycles. The second-order valence-corrected chi connectivity index (χ2v) is 8.66. The van der Waals surface area contributed by atoms with Crippen LogP contribution in [0.1, 0.15) is 39.5 Å². The van der Waals surface area contributed by atoms with Gasteiger partial charge in [-0.25, -0.2) is 8.42 Å². The zero-order valence-electron chi connectivity index (χ0n) is 12.7. The van der Waals surface area contributed by atoms with Crippen molar-refractivity contribution in [3.05, 3.63) is 0 Å². The molecule has 2 aliphatic rings. The van der Waals surface area contributed by atoms with Crippen LogP contribution in [0.4, 0.5) is 0 Å². The molecule has 2 aliphatic heterocycles. The number of halogens is 1. The highest BCUT2D eigenvalue weighted by Gasteiger charge is 2.45.